The smallest absolute Gasteiger partial charge is 0.505 e. The fourth-order valence-electron chi connectivity index (χ4n) is 3.28. The van der Waals surface area contributed by atoms with Crippen molar-refractivity contribution in [2.24, 2.45) is 0 Å². The molecule has 0 fully saturated rings. The Bertz CT molecular complexity index is 1250. The second kappa shape index (κ2) is 6.69. The van der Waals surface area contributed by atoms with Crippen molar-refractivity contribution in [1.29, 1.82) is 0 Å². The molecule has 9 heteroatoms. The molecular formula is C20H13F3N2O4. The molecule has 0 radical (unpaired) electrons. The lowest BCUT2D eigenvalue weighted by Crippen LogP contribution is -2.17. The molecule has 0 aliphatic carbocycles. The summed E-state index contributed by atoms with van der Waals surface area (Å²) in [4.78, 5) is 19.1. The number of aromatic hydroxyl groups is 1. The third-order valence-corrected chi connectivity index (χ3v) is 4.48. The van der Waals surface area contributed by atoms with Crippen LogP contribution in [0.15, 0.2) is 48.7 Å². The summed E-state index contributed by atoms with van der Waals surface area (Å²) in [6.45, 7) is 0. The maximum atomic E-state index is 12.5. The van der Waals surface area contributed by atoms with Gasteiger partial charge in [-0.3, -0.25) is 0 Å². The average molecular weight is 402 g/mol. The van der Waals surface area contributed by atoms with Gasteiger partial charge < -0.3 is 19.9 Å². The number of aromatic amines is 1. The highest BCUT2D eigenvalue weighted by Crippen LogP contribution is 2.34. The Kier molecular flexibility index (Phi) is 4.30. The number of aromatic carboxylic acids is 1. The van der Waals surface area contributed by atoms with Crippen LogP contribution in [0.4, 0.5) is 13.2 Å². The van der Waals surface area contributed by atoms with Crippen molar-refractivity contribution < 1.29 is 32.9 Å². The van der Waals surface area contributed by atoms with Gasteiger partial charge in [-0.25, -0.2) is 9.78 Å². The van der Waals surface area contributed by atoms with Crippen LogP contribution >= 0.6 is 0 Å². The fraction of sp³-hybridized carbons (Fsp3) is 0.100. The Hall–Kier alpha value is -3.75. The maximum Gasteiger partial charge on any atom is 0.573 e. The maximum absolute atomic E-state index is 12.5. The molecule has 2 aromatic heterocycles. The van der Waals surface area contributed by atoms with E-state index >= 15 is 0 Å². The van der Waals surface area contributed by atoms with Crippen molar-refractivity contribution in [2.45, 2.75) is 12.8 Å². The molecule has 4 aromatic rings. The highest BCUT2D eigenvalue weighted by Gasteiger charge is 2.31. The van der Waals surface area contributed by atoms with Gasteiger partial charge in [0.05, 0.1) is 11.2 Å². The van der Waals surface area contributed by atoms with Crippen LogP contribution in [0.3, 0.4) is 0 Å². The highest BCUT2D eigenvalue weighted by atomic mass is 19.4. The van der Waals surface area contributed by atoms with Gasteiger partial charge in [0.15, 0.2) is 5.75 Å². The predicted molar refractivity (Wildman–Crippen MR) is 98.2 cm³/mol. The Morgan fingerprint density at radius 1 is 1.14 bits per heavy atom. The first kappa shape index (κ1) is 18.6. The van der Waals surface area contributed by atoms with Gasteiger partial charge in [0.2, 0.25) is 0 Å². The molecule has 4 rings (SSSR count). The average Bonchev–Trinajstić information content (AvgIpc) is 3.04. The number of carboxylic acids is 1. The number of pyridine rings is 1. The van der Waals surface area contributed by atoms with Crippen LogP contribution in [0.25, 0.3) is 21.8 Å². The first-order chi connectivity index (χ1) is 13.7. The van der Waals surface area contributed by atoms with Gasteiger partial charge in [0.25, 0.3) is 0 Å². The molecule has 148 valence electrons. The molecule has 0 amide bonds. The second-order valence-corrected chi connectivity index (χ2v) is 6.35. The molecule has 0 unspecified atom stereocenters. The molecule has 29 heavy (non-hydrogen) atoms. The van der Waals surface area contributed by atoms with E-state index in [-0.39, 0.29) is 23.0 Å². The quantitative estimate of drug-likeness (QED) is 0.463. The monoisotopic (exact) mass is 402 g/mol. The minimum absolute atomic E-state index is 0.101. The van der Waals surface area contributed by atoms with E-state index in [1.807, 2.05) is 24.3 Å². The van der Waals surface area contributed by atoms with E-state index in [1.54, 1.807) is 6.20 Å². The van der Waals surface area contributed by atoms with Gasteiger partial charge in [-0.15, -0.1) is 13.2 Å². The zero-order chi connectivity index (χ0) is 20.8. The number of nitrogens with zero attached hydrogens (tertiary/aromatic N) is 1. The van der Waals surface area contributed by atoms with Gasteiger partial charge >= 0.3 is 12.3 Å². The summed E-state index contributed by atoms with van der Waals surface area (Å²) in [5.41, 5.74) is 1.36. The molecule has 0 saturated heterocycles. The third kappa shape index (κ3) is 3.54. The first-order valence-corrected chi connectivity index (χ1v) is 8.42. The van der Waals surface area contributed by atoms with Crippen LogP contribution in [0, 0.1) is 0 Å². The normalized spacial score (nSPS) is 11.8. The van der Waals surface area contributed by atoms with E-state index in [0.717, 1.165) is 28.6 Å². The van der Waals surface area contributed by atoms with Crippen molar-refractivity contribution in [1.82, 2.24) is 9.97 Å². The topological polar surface area (TPSA) is 95.4 Å². The molecule has 0 saturated carbocycles. The SMILES string of the molecule is O=C(O)c1c(O)c(Cc2c[nH]c3ccccc23)nc2ccc(OC(F)(F)F)cc12. The lowest BCUT2D eigenvalue weighted by molar-refractivity contribution is -0.274. The Labute approximate surface area is 161 Å². The van der Waals surface area contributed by atoms with Gasteiger partial charge in [-0.05, 0) is 29.8 Å². The summed E-state index contributed by atoms with van der Waals surface area (Å²) in [7, 11) is 0. The number of hydrogen-bond donors (Lipinski definition) is 3. The van der Waals surface area contributed by atoms with Crippen LogP contribution in [0.2, 0.25) is 0 Å². The number of aromatic nitrogens is 2. The Morgan fingerprint density at radius 3 is 2.62 bits per heavy atom. The van der Waals surface area contributed by atoms with Crippen molar-refractivity contribution in [2.75, 3.05) is 0 Å². The lowest BCUT2D eigenvalue weighted by Gasteiger charge is -2.13. The number of halogens is 3. The molecule has 3 N–H and O–H groups in total. The second-order valence-electron chi connectivity index (χ2n) is 6.35. The number of carboxylic acid groups (broad SMARTS) is 1. The van der Waals surface area contributed by atoms with E-state index in [9.17, 15) is 28.2 Å². The van der Waals surface area contributed by atoms with E-state index < -0.39 is 29.4 Å². The minimum atomic E-state index is -4.93. The number of alkyl halides is 3. The molecule has 0 atom stereocenters. The number of ether oxygens (including phenoxy) is 1. The molecule has 6 nitrogen and oxygen atoms in total. The number of fused-ring (bicyclic) bond motifs is 2. The van der Waals surface area contributed by atoms with Crippen LogP contribution < -0.4 is 4.74 Å². The number of hydrogen-bond acceptors (Lipinski definition) is 4. The first-order valence-electron chi connectivity index (χ1n) is 8.42. The van der Waals surface area contributed by atoms with E-state index in [2.05, 4.69) is 14.7 Å². The molecular weight excluding hydrogens is 389 g/mol. The molecule has 0 bridgehead atoms. The third-order valence-electron chi connectivity index (χ3n) is 4.48. The largest absolute Gasteiger partial charge is 0.573 e. The van der Waals surface area contributed by atoms with Crippen molar-refractivity contribution >= 4 is 27.8 Å². The summed E-state index contributed by atoms with van der Waals surface area (Å²) < 4.78 is 41.3. The van der Waals surface area contributed by atoms with E-state index in [1.165, 1.54) is 6.07 Å². The summed E-state index contributed by atoms with van der Waals surface area (Å²) in [5, 5.41) is 20.8. The van der Waals surface area contributed by atoms with Crippen LogP contribution in [-0.4, -0.2) is 32.5 Å². The summed E-state index contributed by atoms with van der Waals surface area (Å²) in [6, 6.07) is 10.6. The van der Waals surface area contributed by atoms with Crippen molar-refractivity contribution in [3.05, 3.63) is 65.5 Å². The summed E-state index contributed by atoms with van der Waals surface area (Å²) >= 11 is 0. The number of benzene rings is 2. The van der Waals surface area contributed by atoms with Gasteiger partial charge in [-0.2, -0.15) is 0 Å². The van der Waals surface area contributed by atoms with E-state index in [0.29, 0.717) is 0 Å². The van der Waals surface area contributed by atoms with Crippen LogP contribution in [-0.2, 0) is 6.42 Å². The minimum Gasteiger partial charge on any atom is -0.505 e. The van der Waals surface area contributed by atoms with E-state index in [4.69, 9.17) is 0 Å². The molecule has 0 aliphatic rings. The summed E-state index contributed by atoms with van der Waals surface area (Å²) in [6.07, 6.45) is -3.06. The summed E-state index contributed by atoms with van der Waals surface area (Å²) in [5.74, 6) is -2.68. The zero-order valence-corrected chi connectivity index (χ0v) is 14.6. The molecule has 2 heterocycles. The standard InChI is InChI=1S/C20H13F3N2O4/c21-20(22,23)29-11-5-6-15-13(8-11)17(19(27)28)18(26)16(25-15)7-10-9-24-14-4-2-1-3-12(10)14/h1-6,8-9,24,26H,7H2,(H,27,28). The van der Waals surface area contributed by atoms with Crippen LogP contribution in [0.5, 0.6) is 11.5 Å². The van der Waals surface area contributed by atoms with Gasteiger partial charge in [0, 0.05) is 28.9 Å². The molecule has 0 aliphatic heterocycles. The molecule has 2 aromatic carbocycles. The van der Waals surface area contributed by atoms with Gasteiger partial charge in [-0.1, -0.05) is 18.2 Å². The number of rotatable bonds is 4. The number of carbonyl (C=O) groups is 1. The molecule has 0 spiro atoms. The zero-order valence-electron chi connectivity index (χ0n) is 14.6. The lowest BCUT2D eigenvalue weighted by atomic mass is 10.0. The fourth-order valence-corrected chi connectivity index (χ4v) is 3.28. The number of H-pyrrole nitrogens is 1. The van der Waals surface area contributed by atoms with Crippen molar-refractivity contribution in [3.8, 4) is 11.5 Å². The Balaban J connectivity index is 1.84. The highest BCUT2D eigenvalue weighted by molar-refractivity contribution is 6.05. The number of nitrogens with one attached hydrogen (secondary N) is 1. The predicted octanol–water partition coefficient (Wildman–Crippen LogP) is 4.61. The van der Waals surface area contributed by atoms with Crippen LogP contribution in [0.1, 0.15) is 21.6 Å². The van der Waals surface area contributed by atoms with Crippen molar-refractivity contribution in [3.63, 3.8) is 0 Å². The Morgan fingerprint density at radius 2 is 1.90 bits per heavy atom. The van der Waals surface area contributed by atoms with Gasteiger partial charge in [0.1, 0.15) is 11.3 Å². The number of para-hydroxylation sites is 1.